The van der Waals surface area contributed by atoms with Crippen LogP contribution in [0.25, 0.3) is 0 Å². The smallest absolute Gasteiger partial charge is 0.418 e. The summed E-state index contributed by atoms with van der Waals surface area (Å²) in [7, 11) is 1.43. The van der Waals surface area contributed by atoms with Crippen molar-refractivity contribution in [3.63, 3.8) is 0 Å². The Morgan fingerprint density at radius 3 is 2.50 bits per heavy atom. The van der Waals surface area contributed by atoms with Crippen molar-refractivity contribution >= 4 is 35.1 Å². The Bertz CT molecular complexity index is 950. The molecular formula is C19H16ClF3N2O5. The fourth-order valence-electron chi connectivity index (χ4n) is 2.26. The summed E-state index contributed by atoms with van der Waals surface area (Å²) in [5, 5.41) is 4.15. The van der Waals surface area contributed by atoms with Gasteiger partial charge < -0.3 is 20.1 Å². The van der Waals surface area contributed by atoms with Crippen molar-refractivity contribution in [1.82, 2.24) is 5.32 Å². The molecule has 2 amide bonds. The van der Waals surface area contributed by atoms with Crippen LogP contribution in [0.4, 0.5) is 18.9 Å². The molecule has 0 radical (unpaired) electrons. The van der Waals surface area contributed by atoms with Gasteiger partial charge in [0.05, 0.1) is 18.4 Å². The van der Waals surface area contributed by atoms with Crippen LogP contribution >= 0.6 is 11.6 Å². The van der Waals surface area contributed by atoms with Gasteiger partial charge in [-0.2, -0.15) is 13.2 Å². The monoisotopic (exact) mass is 444 g/mol. The largest absolute Gasteiger partial charge is 0.497 e. The van der Waals surface area contributed by atoms with E-state index in [1.54, 1.807) is 12.1 Å². The second-order valence-electron chi connectivity index (χ2n) is 5.81. The SMILES string of the molecule is COc1cccc(C(=O)NCC(=O)OCC(=O)Nc2ccc(Cl)cc2C(F)(F)F)c1. The molecule has 11 heteroatoms. The Morgan fingerprint density at radius 2 is 1.83 bits per heavy atom. The number of hydrogen-bond acceptors (Lipinski definition) is 5. The van der Waals surface area contributed by atoms with E-state index in [4.69, 9.17) is 16.3 Å². The molecule has 7 nitrogen and oxygen atoms in total. The molecule has 0 saturated heterocycles. The maximum Gasteiger partial charge on any atom is 0.418 e. The number of hydrogen-bond donors (Lipinski definition) is 2. The number of halogens is 4. The van der Waals surface area contributed by atoms with Gasteiger partial charge in [0.15, 0.2) is 6.61 Å². The number of benzene rings is 2. The number of carbonyl (C=O) groups excluding carboxylic acids is 3. The number of methoxy groups -OCH3 is 1. The molecule has 2 N–H and O–H groups in total. The summed E-state index contributed by atoms with van der Waals surface area (Å²) in [6.07, 6.45) is -4.74. The number of esters is 1. The highest BCUT2D eigenvalue weighted by Crippen LogP contribution is 2.36. The van der Waals surface area contributed by atoms with Gasteiger partial charge in [0.2, 0.25) is 0 Å². The summed E-state index contributed by atoms with van der Waals surface area (Å²) in [6, 6.07) is 9.00. The van der Waals surface area contributed by atoms with Gasteiger partial charge in [-0.05, 0) is 36.4 Å². The van der Waals surface area contributed by atoms with Gasteiger partial charge in [-0.3, -0.25) is 14.4 Å². The van der Waals surface area contributed by atoms with Gasteiger partial charge in [-0.15, -0.1) is 0 Å². The van der Waals surface area contributed by atoms with E-state index in [9.17, 15) is 27.6 Å². The molecule has 0 aliphatic heterocycles. The maximum absolute atomic E-state index is 13.0. The van der Waals surface area contributed by atoms with Crippen LogP contribution in [-0.4, -0.2) is 38.0 Å². The van der Waals surface area contributed by atoms with Crippen LogP contribution in [0, 0.1) is 0 Å². The van der Waals surface area contributed by atoms with Crippen molar-refractivity contribution in [3.05, 3.63) is 58.6 Å². The Balaban J connectivity index is 1.85. The highest BCUT2D eigenvalue weighted by atomic mass is 35.5. The summed E-state index contributed by atoms with van der Waals surface area (Å²) in [5.74, 6) is -2.07. The molecule has 0 unspecified atom stereocenters. The molecule has 0 heterocycles. The van der Waals surface area contributed by atoms with E-state index >= 15 is 0 Å². The first-order valence-electron chi connectivity index (χ1n) is 8.34. The van der Waals surface area contributed by atoms with E-state index < -0.39 is 48.4 Å². The summed E-state index contributed by atoms with van der Waals surface area (Å²) in [6.45, 7) is -1.38. The minimum absolute atomic E-state index is 0.154. The van der Waals surface area contributed by atoms with Crippen molar-refractivity contribution in [2.24, 2.45) is 0 Å². The number of rotatable bonds is 7. The fraction of sp³-hybridized carbons (Fsp3) is 0.211. The van der Waals surface area contributed by atoms with Crippen LogP contribution < -0.4 is 15.4 Å². The standard InChI is InChI=1S/C19H16ClF3N2O5/c1-29-13-4-2-3-11(7-13)18(28)24-9-17(27)30-10-16(26)25-15-6-5-12(20)8-14(15)19(21,22)23/h2-8H,9-10H2,1H3,(H,24,28)(H,25,26). The molecule has 30 heavy (non-hydrogen) atoms. The third-order valence-corrected chi connectivity index (χ3v) is 3.89. The van der Waals surface area contributed by atoms with Crippen LogP contribution in [0.1, 0.15) is 15.9 Å². The lowest BCUT2D eigenvalue weighted by atomic mass is 10.1. The molecule has 0 aliphatic rings. The van der Waals surface area contributed by atoms with Crippen molar-refractivity contribution in [3.8, 4) is 5.75 Å². The molecule has 0 bridgehead atoms. The van der Waals surface area contributed by atoms with Crippen molar-refractivity contribution in [1.29, 1.82) is 0 Å². The third kappa shape index (κ3) is 6.66. The number of anilines is 1. The molecule has 160 valence electrons. The first-order chi connectivity index (χ1) is 14.1. The third-order valence-electron chi connectivity index (χ3n) is 3.65. The molecule has 2 rings (SSSR count). The number of alkyl halides is 3. The van der Waals surface area contributed by atoms with Gasteiger partial charge in [0.25, 0.3) is 11.8 Å². The lowest BCUT2D eigenvalue weighted by Crippen LogP contribution is -2.32. The van der Waals surface area contributed by atoms with Crippen molar-refractivity contribution in [2.75, 3.05) is 25.6 Å². The number of carbonyl (C=O) groups is 3. The van der Waals surface area contributed by atoms with Crippen LogP contribution in [0.15, 0.2) is 42.5 Å². The van der Waals surface area contributed by atoms with E-state index in [2.05, 4.69) is 10.1 Å². The Morgan fingerprint density at radius 1 is 1.10 bits per heavy atom. The van der Waals surface area contributed by atoms with E-state index in [1.165, 1.54) is 25.3 Å². The van der Waals surface area contributed by atoms with Gasteiger partial charge in [0.1, 0.15) is 12.3 Å². The first-order valence-corrected chi connectivity index (χ1v) is 8.72. The summed E-state index contributed by atoms with van der Waals surface area (Å²) in [4.78, 5) is 35.5. The normalized spacial score (nSPS) is 10.8. The molecule has 0 atom stereocenters. The predicted molar refractivity (Wildman–Crippen MR) is 101 cm³/mol. The van der Waals surface area contributed by atoms with Crippen molar-refractivity contribution in [2.45, 2.75) is 6.18 Å². The minimum Gasteiger partial charge on any atom is -0.497 e. The average Bonchev–Trinajstić information content (AvgIpc) is 2.71. The van der Waals surface area contributed by atoms with Crippen LogP contribution in [-0.2, 0) is 20.5 Å². The van der Waals surface area contributed by atoms with E-state index in [-0.39, 0.29) is 10.6 Å². The zero-order valence-corrected chi connectivity index (χ0v) is 16.3. The summed E-state index contributed by atoms with van der Waals surface area (Å²) < 4.78 is 48.7. The zero-order valence-electron chi connectivity index (χ0n) is 15.5. The van der Waals surface area contributed by atoms with E-state index in [1.807, 2.05) is 5.32 Å². The Kier molecular flexibility index (Phi) is 7.65. The van der Waals surface area contributed by atoms with E-state index in [0.29, 0.717) is 11.8 Å². The molecule has 0 fully saturated rings. The topological polar surface area (TPSA) is 93.7 Å². The Labute approximate surface area is 174 Å². The number of nitrogens with one attached hydrogen (secondary N) is 2. The lowest BCUT2D eigenvalue weighted by molar-refractivity contribution is -0.146. The quantitative estimate of drug-likeness (QED) is 0.639. The van der Waals surface area contributed by atoms with Crippen LogP contribution in [0.5, 0.6) is 5.75 Å². The molecule has 2 aromatic carbocycles. The highest BCUT2D eigenvalue weighted by molar-refractivity contribution is 6.30. The zero-order chi connectivity index (χ0) is 22.3. The highest BCUT2D eigenvalue weighted by Gasteiger charge is 2.34. The van der Waals surface area contributed by atoms with Crippen LogP contribution in [0.2, 0.25) is 5.02 Å². The molecular weight excluding hydrogens is 429 g/mol. The fourth-order valence-corrected chi connectivity index (χ4v) is 2.43. The molecule has 0 spiro atoms. The molecule has 0 saturated carbocycles. The lowest BCUT2D eigenvalue weighted by Gasteiger charge is -2.14. The number of amides is 2. The van der Waals surface area contributed by atoms with Gasteiger partial charge in [-0.1, -0.05) is 17.7 Å². The Hall–Kier alpha value is -3.27. The second-order valence-corrected chi connectivity index (χ2v) is 6.25. The first kappa shape index (κ1) is 23.0. The van der Waals surface area contributed by atoms with E-state index in [0.717, 1.165) is 6.07 Å². The summed E-state index contributed by atoms with van der Waals surface area (Å²) >= 11 is 5.56. The molecule has 0 aromatic heterocycles. The predicted octanol–water partition coefficient (Wildman–Crippen LogP) is 3.28. The van der Waals surface area contributed by atoms with Crippen LogP contribution in [0.3, 0.4) is 0 Å². The van der Waals surface area contributed by atoms with Gasteiger partial charge >= 0.3 is 12.1 Å². The average molecular weight is 445 g/mol. The second kappa shape index (κ2) is 9.97. The van der Waals surface area contributed by atoms with Crippen molar-refractivity contribution < 1.29 is 37.0 Å². The van der Waals surface area contributed by atoms with Gasteiger partial charge in [0, 0.05) is 10.6 Å². The summed E-state index contributed by atoms with van der Waals surface area (Å²) in [5.41, 5.74) is -1.43. The minimum atomic E-state index is -4.74. The molecule has 0 aliphatic carbocycles. The number of ether oxygens (including phenoxy) is 2. The molecule has 2 aromatic rings. The van der Waals surface area contributed by atoms with Gasteiger partial charge in [-0.25, -0.2) is 0 Å². The maximum atomic E-state index is 13.0.